The van der Waals surface area contributed by atoms with Crippen molar-refractivity contribution in [3.63, 3.8) is 0 Å². The number of methoxy groups -OCH3 is 1. The molecule has 1 amide bonds. The Morgan fingerprint density at radius 1 is 1.09 bits per heavy atom. The van der Waals surface area contributed by atoms with E-state index in [2.05, 4.69) is 5.32 Å². The van der Waals surface area contributed by atoms with Gasteiger partial charge in [0.25, 0.3) is 5.91 Å². The number of carbonyl (C=O) groups excluding carboxylic acids is 2. The van der Waals surface area contributed by atoms with Crippen LogP contribution < -0.4 is 5.32 Å². The lowest BCUT2D eigenvalue weighted by atomic mass is 10.0. The molecule has 0 fully saturated rings. The SMILES string of the molecule is COC(=O)[C@@H](CC(C)C)NC(=O)c1ccc2ccccc2c1. The maximum Gasteiger partial charge on any atom is 0.328 e. The highest BCUT2D eigenvalue weighted by Crippen LogP contribution is 2.16. The summed E-state index contributed by atoms with van der Waals surface area (Å²) >= 11 is 0. The molecule has 0 bridgehead atoms. The molecule has 0 aliphatic carbocycles. The second kappa shape index (κ2) is 7.07. The molecular weight excluding hydrogens is 278 g/mol. The van der Waals surface area contributed by atoms with Crippen LogP contribution in [0.1, 0.15) is 30.6 Å². The van der Waals surface area contributed by atoms with Crippen LogP contribution in [-0.4, -0.2) is 25.0 Å². The Hall–Kier alpha value is -2.36. The van der Waals surface area contributed by atoms with E-state index in [1.165, 1.54) is 7.11 Å². The van der Waals surface area contributed by atoms with Crippen LogP contribution in [0.15, 0.2) is 42.5 Å². The Bertz CT molecular complexity index is 679. The molecule has 0 aliphatic rings. The summed E-state index contributed by atoms with van der Waals surface area (Å²) in [7, 11) is 1.33. The van der Waals surface area contributed by atoms with Crippen LogP contribution in [0.5, 0.6) is 0 Å². The summed E-state index contributed by atoms with van der Waals surface area (Å²) in [4.78, 5) is 24.2. The van der Waals surface area contributed by atoms with Crippen molar-refractivity contribution >= 4 is 22.6 Å². The lowest BCUT2D eigenvalue weighted by Crippen LogP contribution is -2.42. The molecule has 0 saturated heterocycles. The molecule has 2 rings (SSSR count). The third-order valence-electron chi connectivity index (χ3n) is 3.51. The Labute approximate surface area is 130 Å². The van der Waals surface area contributed by atoms with Gasteiger partial charge in [-0.15, -0.1) is 0 Å². The topological polar surface area (TPSA) is 55.4 Å². The van der Waals surface area contributed by atoms with Gasteiger partial charge in [-0.1, -0.05) is 44.2 Å². The van der Waals surface area contributed by atoms with Gasteiger partial charge in [0, 0.05) is 5.56 Å². The number of esters is 1. The number of benzene rings is 2. The number of amides is 1. The minimum atomic E-state index is -0.621. The molecule has 0 aliphatic heterocycles. The molecule has 2 aromatic rings. The van der Waals surface area contributed by atoms with Gasteiger partial charge in [0.15, 0.2) is 0 Å². The number of fused-ring (bicyclic) bond motifs is 1. The van der Waals surface area contributed by atoms with Gasteiger partial charge in [-0.3, -0.25) is 4.79 Å². The first kappa shape index (κ1) is 16.0. The summed E-state index contributed by atoms with van der Waals surface area (Å²) in [6.45, 7) is 4.00. The van der Waals surface area contributed by atoms with E-state index in [4.69, 9.17) is 4.74 Å². The fourth-order valence-corrected chi connectivity index (χ4v) is 2.40. The van der Waals surface area contributed by atoms with Crippen molar-refractivity contribution in [1.82, 2.24) is 5.32 Å². The molecule has 0 radical (unpaired) electrons. The average Bonchev–Trinajstić information content (AvgIpc) is 2.52. The molecule has 22 heavy (non-hydrogen) atoms. The van der Waals surface area contributed by atoms with Crippen LogP contribution in [0.3, 0.4) is 0 Å². The van der Waals surface area contributed by atoms with Crippen molar-refractivity contribution in [2.24, 2.45) is 5.92 Å². The second-order valence-electron chi connectivity index (χ2n) is 5.74. The standard InChI is InChI=1S/C18H21NO3/c1-12(2)10-16(18(21)22-3)19-17(20)15-9-8-13-6-4-5-7-14(13)11-15/h4-9,11-12,16H,10H2,1-3H3,(H,19,20)/t16-/m1/s1. The monoisotopic (exact) mass is 299 g/mol. The first-order valence-electron chi connectivity index (χ1n) is 7.38. The average molecular weight is 299 g/mol. The summed E-state index contributed by atoms with van der Waals surface area (Å²) < 4.78 is 4.77. The number of ether oxygens (including phenoxy) is 1. The van der Waals surface area contributed by atoms with Crippen LogP contribution in [0.25, 0.3) is 10.8 Å². The predicted octanol–water partition coefficient (Wildman–Crippen LogP) is 3.16. The fourth-order valence-electron chi connectivity index (χ4n) is 2.40. The maximum atomic E-state index is 12.4. The van der Waals surface area contributed by atoms with Crippen molar-refractivity contribution in [3.05, 3.63) is 48.0 Å². The van der Waals surface area contributed by atoms with E-state index in [-0.39, 0.29) is 11.8 Å². The van der Waals surface area contributed by atoms with Gasteiger partial charge in [-0.05, 0) is 35.2 Å². The summed E-state index contributed by atoms with van der Waals surface area (Å²) in [6.07, 6.45) is 0.548. The molecule has 0 aromatic heterocycles. The largest absolute Gasteiger partial charge is 0.467 e. The summed E-state index contributed by atoms with van der Waals surface area (Å²) in [5.41, 5.74) is 0.538. The van der Waals surface area contributed by atoms with Gasteiger partial charge in [-0.2, -0.15) is 0 Å². The molecule has 2 aromatic carbocycles. The van der Waals surface area contributed by atoms with Crippen molar-refractivity contribution in [1.29, 1.82) is 0 Å². The van der Waals surface area contributed by atoms with E-state index in [0.717, 1.165) is 10.8 Å². The number of carbonyl (C=O) groups is 2. The van der Waals surface area contributed by atoms with E-state index < -0.39 is 12.0 Å². The van der Waals surface area contributed by atoms with Gasteiger partial charge in [-0.25, -0.2) is 4.79 Å². The Morgan fingerprint density at radius 3 is 2.41 bits per heavy atom. The zero-order valence-corrected chi connectivity index (χ0v) is 13.1. The summed E-state index contributed by atoms with van der Waals surface area (Å²) in [5, 5.41) is 4.84. The third-order valence-corrected chi connectivity index (χ3v) is 3.51. The van der Waals surface area contributed by atoms with Crippen molar-refractivity contribution < 1.29 is 14.3 Å². The highest BCUT2D eigenvalue weighted by Gasteiger charge is 2.23. The third kappa shape index (κ3) is 3.85. The molecule has 116 valence electrons. The molecule has 4 heteroatoms. The number of rotatable bonds is 5. The number of hydrogen-bond donors (Lipinski definition) is 1. The Kier molecular flexibility index (Phi) is 5.15. The van der Waals surface area contributed by atoms with Gasteiger partial charge >= 0.3 is 5.97 Å². The minimum Gasteiger partial charge on any atom is -0.467 e. The first-order chi connectivity index (χ1) is 10.5. The first-order valence-corrected chi connectivity index (χ1v) is 7.38. The minimum absolute atomic E-state index is 0.262. The summed E-state index contributed by atoms with van der Waals surface area (Å²) in [6, 6.07) is 12.7. The van der Waals surface area contributed by atoms with Crippen molar-refractivity contribution in [2.75, 3.05) is 7.11 Å². The zero-order valence-electron chi connectivity index (χ0n) is 13.1. The van der Waals surface area contributed by atoms with Crippen molar-refractivity contribution in [2.45, 2.75) is 26.3 Å². The predicted molar refractivity (Wildman–Crippen MR) is 86.7 cm³/mol. The number of nitrogens with one attached hydrogen (secondary N) is 1. The van der Waals surface area contributed by atoms with Gasteiger partial charge in [0.05, 0.1) is 7.11 Å². The Morgan fingerprint density at radius 2 is 1.77 bits per heavy atom. The molecule has 1 atom stereocenters. The molecular formula is C18H21NO3. The van der Waals surface area contributed by atoms with E-state index in [0.29, 0.717) is 12.0 Å². The van der Waals surface area contributed by atoms with Gasteiger partial charge < -0.3 is 10.1 Å². The highest BCUT2D eigenvalue weighted by atomic mass is 16.5. The van der Waals surface area contributed by atoms with Crippen LogP contribution >= 0.6 is 0 Å². The fraction of sp³-hybridized carbons (Fsp3) is 0.333. The van der Waals surface area contributed by atoms with E-state index in [1.54, 1.807) is 6.07 Å². The van der Waals surface area contributed by atoms with Gasteiger partial charge in [0.1, 0.15) is 6.04 Å². The van der Waals surface area contributed by atoms with E-state index in [1.807, 2.05) is 50.2 Å². The van der Waals surface area contributed by atoms with E-state index >= 15 is 0 Å². The maximum absolute atomic E-state index is 12.4. The quantitative estimate of drug-likeness (QED) is 0.863. The Balaban J connectivity index is 2.19. The lowest BCUT2D eigenvalue weighted by Gasteiger charge is -2.18. The lowest BCUT2D eigenvalue weighted by molar-refractivity contribution is -0.143. The molecule has 0 unspecified atom stereocenters. The second-order valence-corrected chi connectivity index (χ2v) is 5.74. The molecule has 1 N–H and O–H groups in total. The van der Waals surface area contributed by atoms with E-state index in [9.17, 15) is 9.59 Å². The normalized spacial score (nSPS) is 12.2. The molecule has 0 spiro atoms. The molecule has 0 heterocycles. The van der Waals surface area contributed by atoms with Crippen LogP contribution in [0, 0.1) is 5.92 Å². The van der Waals surface area contributed by atoms with Crippen LogP contribution in [0.2, 0.25) is 0 Å². The van der Waals surface area contributed by atoms with Gasteiger partial charge in [0.2, 0.25) is 0 Å². The van der Waals surface area contributed by atoms with Crippen molar-refractivity contribution in [3.8, 4) is 0 Å². The zero-order chi connectivity index (χ0) is 16.1. The highest BCUT2D eigenvalue weighted by molar-refractivity contribution is 6.00. The van der Waals surface area contributed by atoms with Crippen LogP contribution in [-0.2, 0) is 9.53 Å². The smallest absolute Gasteiger partial charge is 0.328 e. The number of hydrogen-bond acceptors (Lipinski definition) is 3. The molecule has 0 saturated carbocycles. The summed E-state index contributed by atoms with van der Waals surface area (Å²) in [5.74, 6) is -0.398. The van der Waals surface area contributed by atoms with Crippen LogP contribution in [0.4, 0.5) is 0 Å². The molecule has 4 nitrogen and oxygen atoms in total.